The Morgan fingerprint density at radius 3 is 2.31 bits per heavy atom. The Kier molecular flexibility index (Phi) is 7.11. The van der Waals surface area contributed by atoms with E-state index in [0.29, 0.717) is 0 Å². The molecule has 1 aliphatic rings. The summed E-state index contributed by atoms with van der Waals surface area (Å²) in [6, 6.07) is 14.7. The molecule has 1 aliphatic carbocycles. The van der Waals surface area contributed by atoms with E-state index >= 15 is 0 Å². The molecule has 10 nitrogen and oxygen atoms in total. The fraction of sp³-hybridized carbons (Fsp3) is 0.280. The number of alkyl carbamates (subject to hydrolysis) is 1. The number of hydrogen-bond acceptors (Lipinski definition) is 7. The molecule has 0 radical (unpaired) electrons. The van der Waals surface area contributed by atoms with Crippen LogP contribution < -0.4 is 10.6 Å². The van der Waals surface area contributed by atoms with Gasteiger partial charge in [-0.1, -0.05) is 48.5 Å². The zero-order valence-corrected chi connectivity index (χ0v) is 19.2. The van der Waals surface area contributed by atoms with Crippen LogP contribution in [0.15, 0.2) is 59.3 Å². The van der Waals surface area contributed by atoms with Crippen LogP contribution in [0.3, 0.4) is 0 Å². The Bertz CT molecular complexity index is 1190. The molecule has 35 heavy (non-hydrogen) atoms. The maximum absolute atomic E-state index is 12.5. The first-order valence-corrected chi connectivity index (χ1v) is 11.0. The molecule has 3 aromatic rings. The summed E-state index contributed by atoms with van der Waals surface area (Å²) < 4.78 is 15.7. The second-order valence-corrected chi connectivity index (χ2v) is 8.03. The van der Waals surface area contributed by atoms with Crippen molar-refractivity contribution in [1.29, 1.82) is 0 Å². The van der Waals surface area contributed by atoms with Gasteiger partial charge in [0.05, 0.1) is 12.6 Å². The number of carbonyl (C=O) groups excluding carboxylic acids is 2. The maximum atomic E-state index is 12.5. The normalized spacial score (nSPS) is 13.9. The van der Waals surface area contributed by atoms with Crippen molar-refractivity contribution >= 4 is 18.0 Å². The summed E-state index contributed by atoms with van der Waals surface area (Å²) in [5.74, 6) is -2.05. The van der Waals surface area contributed by atoms with E-state index in [4.69, 9.17) is 13.9 Å². The molecule has 2 aromatic carbocycles. The molecule has 2 amide bonds. The third kappa shape index (κ3) is 5.02. The number of oxazole rings is 1. The van der Waals surface area contributed by atoms with Crippen LogP contribution in [0, 0.1) is 0 Å². The van der Waals surface area contributed by atoms with Gasteiger partial charge in [0, 0.05) is 13.0 Å². The number of nitrogens with zero attached hydrogens (tertiary/aromatic N) is 1. The average Bonchev–Trinajstić information content (AvgIpc) is 3.47. The van der Waals surface area contributed by atoms with E-state index in [1.54, 1.807) is 0 Å². The molecule has 1 aromatic heterocycles. The number of aromatic nitrogens is 1. The lowest BCUT2D eigenvalue weighted by Gasteiger charge is -2.19. The highest BCUT2D eigenvalue weighted by Crippen LogP contribution is 2.44. The summed E-state index contributed by atoms with van der Waals surface area (Å²) in [5.41, 5.74) is 4.29. The highest BCUT2D eigenvalue weighted by Gasteiger charge is 2.30. The third-order valence-corrected chi connectivity index (χ3v) is 5.99. The van der Waals surface area contributed by atoms with Crippen molar-refractivity contribution in [3.05, 3.63) is 77.5 Å². The standard InChI is InChI=1S/C25H25N3O7/c1-14(33-2)21(24(30)31)28-23(29)22-20(35-13-27-22)11-26-25(32)34-12-19-17-9-5-3-7-15(17)16-8-4-6-10-18(16)19/h3-10,13-14,19,21H,11-12H2,1-2H3,(H,26,32)(H,28,29)(H,30,31). The second-order valence-electron chi connectivity index (χ2n) is 8.03. The number of methoxy groups -OCH3 is 1. The van der Waals surface area contributed by atoms with Gasteiger partial charge in [-0.3, -0.25) is 4.79 Å². The Morgan fingerprint density at radius 2 is 1.71 bits per heavy atom. The maximum Gasteiger partial charge on any atom is 0.407 e. The number of hydrogen-bond donors (Lipinski definition) is 3. The van der Waals surface area contributed by atoms with Crippen molar-refractivity contribution in [1.82, 2.24) is 15.6 Å². The van der Waals surface area contributed by atoms with Gasteiger partial charge < -0.3 is 29.6 Å². The molecule has 0 fully saturated rings. The van der Waals surface area contributed by atoms with Gasteiger partial charge in [-0.05, 0) is 29.2 Å². The quantitative estimate of drug-likeness (QED) is 0.426. The largest absolute Gasteiger partial charge is 0.480 e. The van der Waals surface area contributed by atoms with Crippen LogP contribution in [-0.2, 0) is 20.8 Å². The second kappa shape index (κ2) is 10.4. The van der Waals surface area contributed by atoms with Gasteiger partial charge in [-0.25, -0.2) is 14.6 Å². The first-order valence-electron chi connectivity index (χ1n) is 11.0. The molecule has 0 aliphatic heterocycles. The minimum atomic E-state index is -1.29. The van der Waals surface area contributed by atoms with E-state index in [9.17, 15) is 19.5 Å². The number of benzene rings is 2. The fourth-order valence-corrected chi connectivity index (χ4v) is 4.11. The monoisotopic (exact) mass is 479 g/mol. The summed E-state index contributed by atoms with van der Waals surface area (Å²) in [6.45, 7) is 1.48. The first kappa shape index (κ1) is 24.0. The minimum absolute atomic E-state index is 0.0604. The van der Waals surface area contributed by atoms with E-state index in [2.05, 4.69) is 15.6 Å². The summed E-state index contributed by atoms with van der Waals surface area (Å²) >= 11 is 0. The molecular weight excluding hydrogens is 454 g/mol. The van der Waals surface area contributed by atoms with Gasteiger partial charge in [0.2, 0.25) is 0 Å². The fourth-order valence-electron chi connectivity index (χ4n) is 4.11. The molecule has 0 bridgehead atoms. The van der Waals surface area contributed by atoms with Crippen molar-refractivity contribution < 1.29 is 33.4 Å². The molecule has 2 atom stereocenters. The van der Waals surface area contributed by atoms with E-state index in [1.165, 1.54) is 14.0 Å². The van der Waals surface area contributed by atoms with Crippen LogP contribution in [0.4, 0.5) is 4.79 Å². The van der Waals surface area contributed by atoms with Gasteiger partial charge in [0.1, 0.15) is 6.61 Å². The van der Waals surface area contributed by atoms with Crippen LogP contribution in [0.25, 0.3) is 11.1 Å². The minimum Gasteiger partial charge on any atom is -0.480 e. The summed E-state index contributed by atoms with van der Waals surface area (Å²) in [6.07, 6.45) is -0.420. The lowest BCUT2D eigenvalue weighted by atomic mass is 9.98. The smallest absolute Gasteiger partial charge is 0.407 e. The molecule has 2 unspecified atom stereocenters. The van der Waals surface area contributed by atoms with Crippen molar-refractivity contribution in [2.75, 3.05) is 13.7 Å². The SMILES string of the molecule is COC(C)C(NC(=O)c1ncoc1CNC(=O)OCC1c2ccccc2-c2ccccc21)C(=O)O. The van der Waals surface area contributed by atoms with Crippen LogP contribution in [0.5, 0.6) is 0 Å². The highest BCUT2D eigenvalue weighted by atomic mass is 16.5. The predicted octanol–water partition coefficient (Wildman–Crippen LogP) is 2.93. The zero-order chi connectivity index (χ0) is 24.9. The summed E-state index contributed by atoms with van der Waals surface area (Å²) in [5, 5.41) is 14.2. The molecule has 0 spiro atoms. The molecular formula is C25H25N3O7. The summed E-state index contributed by atoms with van der Waals surface area (Å²) in [7, 11) is 1.34. The van der Waals surface area contributed by atoms with Crippen LogP contribution in [0.2, 0.25) is 0 Å². The number of nitrogens with one attached hydrogen (secondary N) is 2. The number of rotatable bonds is 9. The Balaban J connectivity index is 1.36. The molecule has 3 N–H and O–H groups in total. The number of carbonyl (C=O) groups is 3. The number of fused-ring (bicyclic) bond motifs is 3. The van der Waals surface area contributed by atoms with Gasteiger partial charge in [0.15, 0.2) is 23.9 Å². The van der Waals surface area contributed by atoms with Gasteiger partial charge in [-0.15, -0.1) is 0 Å². The number of amides is 2. The van der Waals surface area contributed by atoms with Crippen molar-refractivity contribution in [2.45, 2.75) is 31.5 Å². The average molecular weight is 479 g/mol. The van der Waals surface area contributed by atoms with Crippen molar-refractivity contribution in [3.63, 3.8) is 0 Å². The molecule has 182 valence electrons. The number of carboxylic acids is 1. The van der Waals surface area contributed by atoms with Gasteiger partial charge in [0.25, 0.3) is 5.91 Å². The Hall–Kier alpha value is -4.18. The topological polar surface area (TPSA) is 140 Å². The van der Waals surface area contributed by atoms with Crippen LogP contribution >= 0.6 is 0 Å². The Morgan fingerprint density at radius 1 is 1.09 bits per heavy atom. The van der Waals surface area contributed by atoms with Crippen molar-refractivity contribution in [2.24, 2.45) is 0 Å². The number of aliphatic carboxylic acids is 1. The molecule has 0 saturated heterocycles. The van der Waals surface area contributed by atoms with E-state index in [-0.39, 0.29) is 30.5 Å². The molecule has 10 heteroatoms. The van der Waals surface area contributed by atoms with E-state index < -0.39 is 30.1 Å². The predicted molar refractivity (Wildman–Crippen MR) is 124 cm³/mol. The van der Waals surface area contributed by atoms with Crippen molar-refractivity contribution in [3.8, 4) is 11.1 Å². The van der Waals surface area contributed by atoms with E-state index in [1.807, 2.05) is 48.5 Å². The Labute approximate surface area is 201 Å². The molecule has 1 heterocycles. The zero-order valence-electron chi connectivity index (χ0n) is 19.2. The van der Waals surface area contributed by atoms with Crippen LogP contribution in [0.1, 0.15) is 40.2 Å². The number of carboxylic acid groups (broad SMARTS) is 1. The summed E-state index contributed by atoms with van der Waals surface area (Å²) in [4.78, 5) is 40.2. The lowest BCUT2D eigenvalue weighted by Crippen LogP contribution is -2.48. The van der Waals surface area contributed by atoms with Gasteiger partial charge in [-0.2, -0.15) is 0 Å². The number of ether oxygens (including phenoxy) is 2. The molecule has 4 rings (SSSR count). The van der Waals surface area contributed by atoms with Gasteiger partial charge >= 0.3 is 12.1 Å². The first-order chi connectivity index (χ1) is 16.9. The van der Waals surface area contributed by atoms with Crippen LogP contribution in [-0.4, -0.2) is 53.9 Å². The molecule has 0 saturated carbocycles. The lowest BCUT2D eigenvalue weighted by molar-refractivity contribution is -0.142. The van der Waals surface area contributed by atoms with E-state index in [0.717, 1.165) is 28.6 Å². The highest BCUT2D eigenvalue weighted by molar-refractivity contribution is 5.96. The third-order valence-electron chi connectivity index (χ3n) is 5.99.